The van der Waals surface area contributed by atoms with Crippen molar-refractivity contribution in [3.05, 3.63) is 77.6 Å². The van der Waals surface area contributed by atoms with Gasteiger partial charge in [-0.05, 0) is 47.9 Å². The van der Waals surface area contributed by atoms with Crippen LogP contribution in [0.25, 0.3) is 10.8 Å². The number of fused-ring (bicyclic) bond motifs is 1. The summed E-state index contributed by atoms with van der Waals surface area (Å²) in [6.07, 6.45) is 0.953. The van der Waals surface area contributed by atoms with E-state index in [1.807, 2.05) is 6.07 Å². The third kappa shape index (κ3) is 3.58. The lowest BCUT2D eigenvalue weighted by molar-refractivity contribution is 0.0692. The maximum atomic E-state index is 13.7. The van der Waals surface area contributed by atoms with Crippen LogP contribution in [-0.4, -0.2) is 30.2 Å². The first-order valence-electron chi connectivity index (χ1n) is 9.54. The van der Waals surface area contributed by atoms with Crippen LogP contribution in [0.3, 0.4) is 0 Å². The highest BCUT2D eigenvalue weighted by atomic mass is 19.1. The minimum Gasteiger partial charge on any atom is -0.478 e. The molecule has 0 spiro atoms. The molecule has 3 aromatic carbocycles. The number of benzene rings is 3. The van der Waals surface area contributed by atoms with Crippen molar-refractivity contribution in [2.24, 2.45) is 0 Å². The summed E-state index contributed by atoms with van der Waals surface area (Å²) in [5.41, 5.74) is 1.74. The highest BCUT2D eigenvalue weighted by Gasteiger charge is 2.25. The second-order valence-corrected chi connectivity index (χ2v) is 7.36. The van der Waals surface area contributed by atoms with Crippen LogP contribution >= 0.6 is 0 Å². The van der Waals surface area contributed by atoms with Gasteiger partial charge in [-0.3, -0.25) is 0 Å². The average molecular weight is 378 g/mol. The first-order chi connectivity index (χ1) is 13.5. The van der Waals surface area contributed by atoms with Crippen LogP contribution in [0.15, 0.2) is 60.7 Å². The summed E-state index contributed by atoms with van der Waals surface area (Å²) in [5.74, 6) is -1.94. The van der Waals surface area contributed by atoms with E-state index in [1.165, 1.54) is 28.5 Å². The Morgan fingerprint density at radius 3 is 2.79 bits per heavy atom. The smallest absolute Gasteiger partial charge is 0.338 e. The van der Waals surface area contributed by atoms with Crippen molar-refractivity contribution in [1.82, 2.24) is 5.32 Å². The number of halogens is 1. The fraction of sp³-hybridized carbons (Fsp3) is 0.261. The van der Waals surface area contributed by atoms with Gasteiger partial charge in [-0.15, -0.1) is 0 Å². The molecule has 28 heavy (non-hydrogen) atoms. The molecular formula is C23H23FN2O2. The van der Waals surface area contributed by atoms with Gasteiger partial charge in [0, 0.05) is 30.9 Å². The van der Waals surface area contributed by atoms with Gasteiger partial charge in [0.1, 0.15) is 5.82 Å². The van der Waals surface area contributed by atoms with Crippen LogP contribution in [0.1, 0.15) is 35.3 Å². The number of nitrogens with one attached hydrogen (secondary N) is 1. The predicted molar refractivity (Wildman–Crippen MR) is 109 cm³/mol. The Hall–Kier alpha value is -2.92. The maximum Gasteiger partial charge on any atom is 0.338 e. The standard InChI is InChI=1S/C23H23FN2O2/c1-15(19-8-4-6-16-5-2-3-7-20(16)19)25-17-11-12-26(14-17)18-9-10-22(24)21(13-18)23(27)28/h2-10,13,15,17,25H,11-12,14H2,1H3,(H,27,28)/t15-,17?/m1/s1. The Kier molecular flexibility index (Phi) is 5.01. The Balaban J connectivity index is 1.48. The zero-order chi connectivity index (χ0) is 19.7. The fourth-order valence-electron chi connectivity index (χ4n) is 4.08. The van der Waals surface area contributed by atoms with Crippen molar-refractivity contribution in [1.29, 1.82) is 0 Å². The number of carboxylic acids is 1. The number of aromatic carboxylic acids is 1. The van der Waals surface area contributed by atoms with Gasteiger partial charge in [-0.25, -0.2) is 9.18 Å². The van der Waals surface area contributed by atoms with Gasteiger partial charge in [0.2, 0.25) is 0 Å². The highest BCUT2D eigenvalue weighted by molar-refractivity contribution is 5.89. The molecule has 5 heteroatoms. The molecule has 2 atom stereocenters. The number of carboxylic acid groups (broad SMARTS) is 1. The van der Waals surface area contributed by atoms with Crippen LogP contribution in [0, 0.1) is 5.82 Å². The summed E-state index contributed by atoms with van der Waals surface area (Å²) in [7, 11) is 0. The third-order valence-electron chi connectivity index (χ3n) is 5.51. The van der Waals surface area contributed by atoms with E-state index in [4.69, 9.17) is 5.11 Å². The number of hydrogen-bond donors (Lipinski definition) is 2. The van der Waals surface area contributed by atoms with Crippen LogP contribution in [0.5, 0.6) is 0 Å². The van der Waals surface area contributed by atoms with Crippen LogP contribution in [0.2, 0.25) is 0 Å². The molecule has 0 bridgehead atoms. The van der Waals surface area contributed by atoms with E-state index >= 15 is 0 Å². The van der Waals surface area contributed by atoms with Gasteiger partial charge in [-0.1, -0.05) is 42.5 Å². The number of carbonyl (C=O) groups is 1. The molecule has 1 unspecified atom stereocenters. The highest BCUT2D eigenvalue weighted by Crippen LogP contribution is 2.27. The largest absolute Gasteiger partial charge is 0.478 e. The Labute approximate surface area is 163 Å². The minimum absolute atomic E-state index is 0.193. The molecule has 1 saturated heterocycles. The topological polar surface area (TPSA) is 52.6 Å². The van der Waals surface area contributed by atoms with Crippen molar-refractivity contribution in [3.63, 3.8) is 0 Å². The van der Waals surface area contributed by atoms with Gasteiger partial charge in [0.25, 0.3) is 0 Å². The van der Waals surface area contributed by atoms with Crippen LogP contribution in [0.4, 0.5) is 10.1 Å². The summed E-state index contributed by atoms with van der Waals surface area (Å²) in [4.78, 5) is 13.3. The quantitative estimate of drug-likeness (QED) is 0.681. The summed E-state index contributed by atoms with van der Waals surface area (Å²) in [6, 6.07) is 19.5. The van der Waals surface area contributed by atoms with Gasteiger partial charge >= 0.3 is 5.97 Å². The zero-order valence-corrected chi connectivity index (χ0v) is 15.7. The number of nitrogens with zero attached hydrogens (tertiary/aromatic N) is 1. The van der Waals surface area contributed by atoms with Gasteiger partial charge < -0.3 is 15.3 Å². The van der Waals surface area contributed by atoms with Crippen molar-refractivity contribution in [2.45, 2.75) is 25.4 Å². The summed E-state index contributed by atoms with van der Waals surface area (Å²) >= 11 is 0. The SMILES string of the molecule is C[C@@H](NC1CCN(c2ccc(F)c(C(=O)O)c2)C1)c1cccc2ccccc12. The summed E-state index contributed by atoms with van der Waals surface area (Å²) < 4.78 is 13.7. The van der Waals surface area contributed by atoms with E-state index in [0.29, 0.717) is 0 Å². The van der Waals surface area contributed by atoms with Crippen molar-refractivity contribution < 1.29 is 14.3 Å². The second-order valence-electron chi connectivity index (χ2n) is 7.36. The zero-order valence-electron chi connectivity index (χ0n) is 15.7. The Morgan fingerprint density at radius 1 is 1.18 bits per heavy atom. The lowest BCUT2D eigenvalue weighted by atomic mass is 9.99. The Morgan fingerprint density at radius 2 is 1.96 bits per heavy atom. The molecule has 1 heterocycles. The van der Waals surface area contributed by atoms with E-state index in [1.54, 1.807) is 6.07 Å². The molecule has 3 aromatic rings. The molecule has 0 aromatic heterocycles. The van der Waals surface area contributed by atoms with Crippen LogP contribution < -0.4 is 10.2 Å². The summed E-state index contributed by atoms with van der Waals surface area (Å²) in [5, 5.41) is 15.3. The lowest BCUT2D eigenvalue weighted by Gasteiger charge is -2.23. The summed E-state index contributed by atoms with van der Waals surface area (Å²) in [6.45, 7) is 3.75. The van der Waals surface area contributed by atoms with Crippen molar-refractivity contribution >= 4 is 22.4 Å². The number of hydrogen-bond acceptors (Lipinski definition) is 3. The molecule has 0 radical (unpaired) electrons. The first kappa shape index (κ1) is 18.4. The second kappa shape index (κ2) is 7.60. The van der Waals surface area contributed by atoms with Gasteiger partial charge in [0.15, 0.2) is 0 Å². The molecule has 2 N–H and O–H groups in total. The predicted octanol–water partition coefficient (Wildman–Crippen LogP) is 4.61. The van der Waals surface area contributed by atoms with E-state index in [2.05, 4.69) is 53.5 Å². The molecule has 4 nitrogen and oxygen atoms in total. The van der Waals surface area contributed by atoms with E-state index in [-0.39, 0.29) is 17.6 Å². The van der Waals surface area contributed by atoms with E-state index < -0.39 is 11.8 Å². The average Bonchev–Trinajstić information content (AvgIpc) is 3.16. The van der Waals surface area contributed by atoms with Gasteiger partial charge in [-0.2, -0.15) is 0 Å². The van der Waals surface area contributed by atoms with Crippen molar-refractivity contribution in [2.75, 3.05) is 18.0 Å². The monoisotopic (exact) mass is 378 g/mol. The molecule has 1 aliphatic rings. The molecule has 0 amide bonds. The lowest BCUT2D eigenvalue weighted by Crippen LogP contribution is -2.34. The van der Waals surface area contributed by atoms with Crippen LogP contribution in [-0.2, 0) is 0 Å². The van der Waals surface area contributed by atoms with E-state index in [9.17, 15) is 9.18 Å². The van der Waals surface area contributed by atoms with Crippen molar-refractivity contribution in [3.8, 4) is 0 Å². The molecule has 144 valence electrons. The third-order valence-corrected chi connectivity index (χ3v) is 5.51. The number of rotatable bonds is 5. The van der Waals surface area contributed by atoms with E-state index in [0.717, 1.165) is 25.2 Å². The molecule has 1 fully saturated rings. The molecule has 0 saturated carbocycles. The minimum atomic E-state index is -1.24. The molecule has 4 rings (SSSR count). The normalized spacial score (nSPS) is 17.8. The molecule has 1 aliphatic heterocycles. The number of anilines is 1. The Bertz CT molecular complexity index is 1020. The van der Waals surface area contributed by atoms with Gasteiger partial charge in [0.05, 0.1) is 5.56 Å². The first-order valence-corrected chi connectivity index (χ1v) is 9.54. The fourth-order valence-corrected chi connectivity index (χ4v) is 4.08. The molecule has 0 aliphatic carbocycles. The maximum absolute atomic E-state index is 13.7. The molecular weight excluding hydrogens is 355 g/mol.